The Kier molecular flexibility index (Phi) is 7.05. The number of carbonyl (C=O) groups excluding carboxylic acids is 2. The fourth-order valence-electron chi connectivity index (χ4n) is 3.12. The van der Waals surface area contributed by atoms with Gasteiger partial charge in [-0.2, -0.15) is 0 Å². The molecule has 0 atom stereocenters. The molecule has 0 N–H and O–H groups in total. The topological polar surface area (TPSA) is 65.7 Å². The van der Waals surface area contributed by atoms with E-state index in [-0.39, 0.29) is 0 Å². The molecule has 0 aliphatic carbocycles. The minimum atomic E-state index is -0.504. The second kappa shape index (κ2) is 10.7. The highest BCUT2D eigenvalue weighted by Gasteiger charge is 2.08. The molecule has 1 heterocycles. The molecule has 0 saturated carbocycles. The van der Waals surface area contributed by atoms with Crippen molar-refractivity contribution in [1.29, 1.82) is 0 Å². The first-order chi connectivity index (χ1) is 17.0. The molecular formula is C30H20O5. The predicted molar refractivity (Wildman–Crippen MR) is 134 cm³/mol. The molecule has 0 unspecified atom stereocenters. The van der Waals surface area contributed by atoms with Gasteiger partial charge in [0, 0.05) is 34.4 Å². The van der Waals surface area contributed by atoms with E-state index in [2.05, 4.69) is 25.0 Å². The van der Waals surface area contributed by atoms with Crippen molar-refractivity contribution >= 4 is 11.9 Å². The summed E-state index contributed by atoms with van der Waals surface area (Å²) in [6, 6.07) is 25.5. The van der Waals surface area contributed by atoms with Crippen LogP contribution in [0.2, 0.25) is 0 Å². The molecular weight excluding hydrogens is 440 g/mol. The first-order valence-electron chi connectivity index (χ1n) is 10.7. The van der Waals surface area contributed by atoms with E-state index in [9.17, 15) is 9.59 Å². The largest absolute Gasteiger partial charge is 0.456 e. The van der Waals surface area contributed by atoms with Crippen molar-refractivity contribution in [2.45, 2.75) is 0 Å². The molecule has 170 valence electrons. The zero-order chi connectivity index (χ0) is 24.6. The number of ether oxygens (including phenoxy) is 2. The second-order valence-electron chi connectivity index (χ2n) is 7.29. The van der Waals surface area contributed by atoms with Gasteiger partial charge >= 0.3 is 11.9 Å². The third kappa shape index (κ3) is 6.04. The number of hydrogen-bond acceptors (Lipinski definition) is 5. The van der Waals surface area contributed by atoms with Crippen LogP contribution in [-0.2, 0) is 9.59 Å². The van der Waals surface area contributed by atoms with Gasteiger partial charge in [0.2, 0.25) is 0 Å². The van der Waals surface area contributed by atoms with Crippen molar-refractivity contribution in [2.24, 2.45) is 0 Å². The Morgan fingerprint density at radius 3 is 1.40 bits per heavy atom. The number of esters is 2. The number of furan rings is 1. The van der Waals surface area contributed by atoms with Crippen LogP contribution in [0.1, 0.15) is 11.1 Å². The van der Waals surface area contributed by atoms with E-state index < -0.39 is 11.9 Å². The fraction of sp³-hybridized carbons (Fsp3) is 0. The maximum absolute atomic E-state index is 11.3. The van der Waals surface area contributed by atoms with Crippen LogP contribution in [0.3, 0.4) is 0 Å². The highest BCUT2D eigenvalue weighted by atomic mass is 16.5. The minimum absolute atomic E-state index is 0.439. The first-order valence-corrected chi connectivity index (χ1v) is 10.7. The number of benzene rings is 3. The highest BCUT2D eigenvalue weighted by molar-refractivity contribution is 5.83. The van der Waals surface area contributed by atoms with E-state index in [1.165, 1.54) is 0 Å². The SMILES string of the molecule is C=CC(=O)Oc1ccc(C#Cc2ccc(-c3ccc(-c4ccc(OC(=O)C=C)cc4)o3)cc2)cc1. The molecule has 0 radical (unpaired) electrons. The van der Waals surface area contributed by atoms with Crippen LogP contribution >= 0.6 is 0 Å². The summed E-state index contributed by atoms with van der Waals surface area (Å²) in [5.74, 6) is 7.51. The molecule has 4 rings (SSSR count). The van der Waals surface area contributed by atoms with Crippen LogP contribution in [0.4, 0.5) is 0 Å². The zero-order valence-corrected chi connectivity index (χ0v) is 18.7. The molecule has 3 aromatic carbocycles. The molecule has 0 saturated heterocycles. The van der Waals surface area contributed by atoms with Crippen molar-refractivity contribution in [3.05, 3.63) is 121 Å². The maximum atomic E-state index is 11.3. The molecule has 0 spiro atoms. The van der Waals surface area contributed by atoms with Gasteiger partial charge in [-0.15, -0.1) is 0 Å². The van der Waals surface area contributed by atoms with E-state index >= 15 is 0 Å². The molecule has 5 heteroatoms. The third-order valence-corrected chi connectivity index (χ3v) is 4.89. The lowest BCUT2D eigenvalue weighted by atomic mass is 10.1. The second-order valence-corrected chi connectivity index (χ2v) is 7.29. The quantitative estimate of drug-likeness (QED) is 0.148. The van der Waals surface area contributed by atoms with Crippen molar-refractivity contribution in [1.82, 2.24) is 0 Å². The average molecular weight is 460 g/mol. The van der Waals surface area contributed by atoms with Crippen molar-refractivity contribution < 1.29 is 23.5 Å². The van der Waals surface area contributed by atoms with E-state index in [0.29, 0.717) is 17.3 Å². The Hall–Kier alpha value is -5.08. The van der Waals surface area contributed by atoms with Crippen LogP contribution < -0.4 is 9.47 Å². The molecule has 1 aromatic heterocycles. The molecule has 4 aromatic rings. The minimum Gasteiger partial charge on any atom is -0.456 e. The summed E-state index contributed by atoms with van der Waals surface area (Å²) in [4.78, 5) is 22.5. The van der Waals surface area contributed by atoms with Crippen molar-refractivity contribution in [2.75, 3.05) is 0 Å². The summed E-state index contributed by atoms with van der Waals surface area (Å²) in [5, 5.41) is 0. The molecule has 0 bridgehead atoms. The van der Waals surface area contributed by atoms with Gasteiger partial charge in [-0.05, 0) is 72.8 Å². The molecule has 5 nitrogen and oxygen atoms in total. The molecule has 0 aliphatic rings. The van der Waals surface area contributed by atoms with Gasteiger partial charge < -0.3 is 13.9 Å². The number of hydrogen-bond donors (Lipinski definition) is 0. The fourth-order valence-corrected chi connectivity index (χ4v) is 3.12. The Labute approximate surface area is 202 Å². The molecule has 0 aliphatic heterocycles. The Balaban J connectivity index is 1.42. The summed E-state index contributed by atoms with van der Waals surface area (Å²) < 4.78 is 16.2. The smallest absolute Gasteiger partial charge is 0.335 e. The Morgan fingerprint density at radius 1 is 0.600 bits per heavy atom. The standard InChI is InChI=1S/C30H20O5/c1-3-29(31)33-25-15-9-22(10-16-25)6-5-21-7-11-23(12-8-21)27-19-20-28(35-27)24-13-17-26(18-14-24)34-30(32)4-2/h3-4,7-20H,1-2H2. The summed E-state index contributed by atoms with van der Waals surface area (Å²) in [6.45, 7) is 6.76. The van der Waals surface area contributed by atoms with Crippen molar-refractivity contribution in [3.8, 4) is 46.0 Å². The summed E-state index contributed by atoms with van der Waals surface area (Å²) >= 11 is 0. The zero-order valence-electron chi connectivity index (χ0n) is 18.7. The normalized spacial score (nSPS) is 9.94. The number of rotatable bonds is 6. The van der Waals surface area contributed by atoms with E-state index in [1.54, 1.807) is 36.4 Å². The average Bonchev–Trinajstić information content (AvgIpc) is 3.39. The van der Waals surface area contributed by atoms with Gasteiger partial charge in [-0.25, -0.2) is 9.59 Å². The number of carbonyl (C=O) groups is 2. The van der Waals surface area contributed by atoms with Crippen LogP contribution in [0.15, 0.2) is 115 Å². The first kappa shape index (κ1) is 23.1. The molecule has 35 heavy (non-hydrogen) atoms. The lowest BCUT2D eigenvalue weighted by molar-refractivity contribution is -0.129. The van der Waals surface area contributed by atoms with Gasteiger partial charge in [0.1, 0.15) is 23.0 Å². The van der Waals surface area contributed by atoms with Gasteiger partial charge in [0.05, 0.1) is 0 Å². The Bertz CT molecular complexity index is 1430. The van der Waals surface area contributed by atoms with E-state index in [0.717, 1.165) is 40.2 Å². The predicted octanol–water partition coefficient (Wildman–Crippen LogP) is 6.20. The van der Waals surface area contributed by atoms with Crippen LogP contribution in [0.25, 0.3) is 22.6 Å². The Morgan fingerprint density at radius 2 is 0.971 bits per heavy atom. The van der Waals surface area contributed by atoms with E-state index in [1.807, 2.05) is 48.5 Å². The summed E-state index contributed by atoms with van der Waals surface area (Å²) in [6.07, 6.45) is 2.23. The van der Waals surface area contributed by atoms with Gasteiger partial charge in [-0.3, -0.25) is 0 Å². The van der Waals surface area contributed by atoms with Gasteiger partial charge in [0.25, 0.3) is 0 Å². The third-order valence-electron chi connectivity index (χ3n) is 4.89. The molecule has 0 amide bonds. The summed E-state index contributed by atoms with van der Waals surface area (Å²) in [7, 11) is 0. The summed E-state index contributed by atoms with van der Waals surface area (Å²) in [5.41, 5.74) is 3.44. The lowest BCUT2D eigenvalue weighted by Crippen LogP contribution is -2.02. The van der Waals surface area contributed by atoms with E-state index in [4.69, 9.17) is 13.9 Å². The highest BCUT2D eigenvalue weighted by Crippen LogP contribution is 2.29. The lowest BCUT2D eigenvalue weighted by Gasteiger charge is -2.02. The van der Waals surface area contributed by atoms with Crippen LogP contribution in [0.5, 0.6) is 11.5 Å². The van der Waals surface area contributed by atoms with Gasteiger partial charge in [-0.1, -0.05) is 37.1 Å². The van der Waals surface area contributed by atoms with Crippen LogP contribution in [0, 0.1) is 11.8 Å². The van der Waals surface area contributed by atoms with Crippen LogP contribution in [-0.4, -0.2) is 11.9 Å². The van der Waals surface area contributed by atoms with Gasteiger partial charge in [0.15, 0.2) is 0 Å². The van der Waals surface area contributed by atoms with Crippen molar-refractivity contribution in [3.63, 3.8) is 0 Å². The molecule has 0 fully saturated rings. The monoisotopic (exact) mass is 460 g/mol. The maximum Gasteiger partial charge on any atom is 0.335 e.